The predicted octanol–water partition coefficient (Wildman–Crippen LogP) is 0.525. The maximum atomic E-state index is 11.6. The number of likely N-dealkylation sites (N-methyl/N-ethyl adjacent to an activating group) is 1. The number of carbonyl (C=O) groups is 1. The molecule has 7 heteroatoms. The normalized spacial score (nSPS) is 30.9. The summed E-state index contributed by atoms with van der Waals surface area (Å²) in [5.41, 5.74) is -0.528. The zero-order valence-electron chi connectivity index (χ0n) is 15.6. The van der Waals surface area contributed by atoms with Gasteiger partial charge in [0, 0.05) is 25.6 Å². The lowest BCUT2D eigenvalue weighted by Crippen LogP contribution is -2.35. The predicted molar refractivity (Wildman–Crippen MR) is 91.7 cm³/mol. The lowest BCUT2D eigenvalue weighted by molar-refractivity contribution is 0.0269. The highest BCUT2D eigenvalue weighted by atomic mass is 16.6. The number of rotatable bonds is 2. The average Bonchev–Trinajstić information content (AvgIpc) is 2.99. The van der Waals surface area contributed by atoms with Gasteiger partial charge in [0.05, 0.1) is 25.4 Å². The van der Waals surface area contributed by atoms with Gasteiger partial charge in [-0.05, 0) is 40.2 Å². The first-order valence-corrected chi connectivity index (χ1v) is 8.70. The van der Waals surface area contributed by atoms with Crippen LogP contribution < -0.4 is 0 Å². The van der Waals surface area contributed by atoms with Crippen LogP contribution in [0.3, 0.4) is 0 Å². The van der Waals surface area contributed by atoms with Crippen LogP contribution in [-0.2, 0) is 4.74 Å². The molecule has 0 bridgehead atoms. The maximum absolute atomic E-state index is 11.6. The van der Waals surface area contributed by atoms with Crippen molar-refractivity contribution in [3.63, 3.8) is 0 Å². The number of ether oxygens (including phenoxy) is 1. The maximum Gasteiger partial charge on any atom is 0.410 e. The Morgan fingerprint density at radius 2 is 1.67 bits per heavy atom. The first-order chi connectivity index (χ1) is 11.1. The number of hydrogen-bond acceptors (Lipinski definition) is 6. The molecule has 3 N–H and O–H groups in total. The summed E-state index contributed by atoms with van der Waals surface area (Å²) in [5, 5.41) is 27.7. The minimum Gasteiger partial charge on any atom is -0.444 e. The van der Waals surface area contributed by atoms with Gasteiger partial charge in [-0.2, -0.15) is 0 Å². The molecule has 2 heterocycles. The molecule has 2 saturated heterocycles. The summed E-state index contributed by atoms with van der Waals surface area (Å²) in [4.78, 5) is 15.2. The molecule has 0 saturated carbocycles. The van der Waals surface area contributed by atoms with E-state index in [4.69, 9.17) is 9.84 Å². The molecule has 0 aromatic rings. The van der Waals surface area contributed by atoms with Crippen LogP contribution >= 0.6 is 0 Å². The Kier molecular flexibility index (Phi) is 7.92. The fourth-order valence-corrected chi connectivity index (χ4v) is 2.98. The Hall–Kier alpha value is -0.890. The lowest BCUT2D eigenvalue weighted by Gasteiger charge is -2.24. The van der Waals surface area contributed by atoms with Gasteiger partial charge in [0.2, 0.25) is 0 Å². The molecule has 2 rings (SSSR count). The molecule has 142 valence electrons. The second kappa shape index (κ2) is 8.99. The van der Waals surface area contributed by atoms with Crippen LogP contribution in [0.2, 0.25) is 0 Å². The van der Waals surface area contributed by atoms with E-state index < -0.39 is 17.8 Å². The zero-order valence-corrected chi connectivity index (χ0v) is 15.6. The molecule has 0 aliphatic carbocycles. The third-order valence-corrected chi connectivity index (χ3v) is 4.41. The van der Waals surface area contributed by atoms with E-state index in [0.717, 1.165) is 19.5 Å². The molecule has 4 atom stereocenters. The van der Waals surface area contributed by atoms with Crippen molar-refractivity contribution >= 4 is 6.09 Å². The summed E-state index contributed by atoms with van der Waals surface area (Å²) >= 11 is 0. The fourth-order valence-electron chi connectivity index (χ4n) is 2.98. The van der Waals surface area contributed by atoms with Crippen LogP contribution in [0, 0.1) is 11.8 Å². The van der Waals surface area contributed by atoms with E-state index in [1.807, 2.05) is 0 Å². The molecule has 1 amide bonds. The van der Waals surface area contributed by atoms with Crippen LogP contribution in [0.15, 0.2) is 0 Å². The van der Waals surface area contributed by atoms with E-state index in [1.54, 1.807) is 20.8 Å². The number of β-amino-alcohol motifs (C(OH)–C–C–N with tert-alkyl or cyclic N) is 2. The van der Waals surface area contributed by atoms with Crippen LogP contribution in [0.1, 0.15) is 34.1 Å². The number of carbonyl (C=O) groups excluding carboxylic acids is 1. The van der Waals surface area contributed by atoms with Gasteiger partial charge in [0.25, 0.3) is 0 Å². The summed E-state index contributed by atoms with van der Waals surface area (Å²) in [6, 6.07) is 0. The van der Waals surface area contributed by atoms with Crippen molar-refractivity contribution in [1.29, 1.82) is 0 Å². The molecular weight excluding hydrogens is 312 g/mol. The van der Waals surface area contributed by atoms with Gasteiger partial charge in [-0.15, -0.1) is 0 Å². The van der Waals surface area contributed by atoms with Crippen molar-refractivity contribution in [2.75, 3.05) is 39.8 Å². The number of nitrogens with zero attached hydrogens (tertiary/aromatic N) is 2. The highest BCUT2D eigenvalue weighted by Crippen LogP contribution is 2.19. The van der Waals surface area contributed by atoms with Gasteiger partial charge in [-0.25, -0.2) is 4.79 Å². The van der Waals surface area contributed by atoms with E-state index in [1.165, 1.54) is 4.90 Å². The Morgan fingerprint density at radius 1 is 1.08 bits per heavy atom. The molecule has 24 heavy (non-hydrogen) atoms. The van der Waals surface area contributed by atoms with Crippen molar-refractivity contribution in [3.05, 3.63) is 0 Å². The van der Waals surface area contributed by atoms with Crippen molar-refractivity contribution < 1.29 is 24.9 Å². The van der Waals surface area contributed by atoms with Gasteiger partial charge in [0.15, 0.2) is 0 Å². The van der Waals surface area contributed by atoms with Gasteiger partial charge in [-0.1, -0.05) is 6.92 Å². The molecule has 0 radical (unpaired) electrons. The first kappa shape index (κ1) is 21.2. The SMILES string of the molecule is CC(C)(C)OC(=O)N1C[C@H](CO)[C@@H](O)C1.CC[C@H]1CN(C)C[C@@H]1O. The molecule has 0 aromatic heterocycles. The number of amides is 1. The third-order valence-electron chi connectivity index (χ3n) is 4.41. The quantitative estimate of drug-likeness (QED) is 0.675. The lowest BCUT2D eigenvalue weighted by atomic mass is 10.0. The highest BCUT2D eigenvalue weighted by Gasteiger charge is 2.35. The summed E-state index contributed by atoms with van der Waals surface area (Å²) in [7, 11) is 2.05. The third kappa shape index (κ3) is 6.55. The molecular formula is C17H34N2O5. The van der Waals surface area contributed by atoms with E-state index >= 15 is 0 Å². The van der Waals surface area contributed by atoms with Crippen LogP contribution in [0.5, 0.6) is 0 Å². The molecule has 0 spiro atoms. The van der Waals surface area contributed by atoms with Crippen LogP contribution in [0.4, 0.5) is 4.79 Å². The largest absolute Gasteiger partial charge is 0.444 e. The topological polar surface area (TPSA) is 93.5 Å². The number of hydrogen-bond donors (Lipinski definition) is 3. The Balaban J connectivity index is 0.000000272. The Morgan fingerprint density at radius 3 is 2.00 bits per heavy atom. The minimum atomic E-state index is -0.650. The number of aliphatic hydroxyl groups excluding tert-OH is 3. The van der Waals surface area contributed by atoms with E-state index in [-0.39, 0.29) is 25.2 Å². The van der Waals surface area contributed by atoms with E-state index in [9.17, 15) is 15.0 Å². The average molecular weight is 346 g/mol. The molecule has 0 aromatic carbocycles. The zero-order chi connectivity index (χ0) is 18.5. The van der Waals surface area contributed by atoms with E-state index in [2.05, 4.69) is 18.9 Å². The minimum absolute atomic E-state index is 0.0694. The second-order valence-electron chi connectivity index (χ2n) is 7.85. The summed E-state index contributed by atoms with van der Waals surface area (Å²) in [6.07, 6.45) is -0.0501. The summed E-state index contributed by atoms with van der Waals surface area (Å²) in [6.45, 7) is 9.92. The highest BCUT2D eigenvalue weighted by molar-refractivity contribution is 5.68. The summed E-state index contributed by atoms with van der Waals surface area (Å²) in [5.74, 6) is 0.271. The Labute approximate surface area is 145 Å². The van der Waals surface area contributed by atoms with E-state index in [0.29, 0.717) is 12.5 Å². The van der Waals surface area contributed by atoms with Crippen molar-refractivity contribution in [1.82, 2.24) is 9.80 Å². The fraction of sp³-hybridized carbons (Fsp3) is 0.941. The number of aliphatic hydroxyl groups is 3. The first-order valence-electron chi connectivity index (χ1n) is 8.70. The number of likely N-dealkylation sites (tertiary alicyclic amines) is 2. The summed E-state index contributed by atoms with van der Waals surface area (Å²) < 4.78 is 5.16. The van der Waals surface area contributed by atoms with Gasteiger partial charge in [-0.3, -0.25) is 0 Å². The molecule has 0 unspecified atom stereocenters. The van der Waals surface area contributed by atoms with Gasteiger partial charge >= 0.3 is 6.09 Å². The molecule has 7 nitrogen and oxygen atoms in total. The van der Waals surface area contributed by atoms with Crippen molar-refractivity contribution in [3.8, 4) is 0 Å². The van der Waals surface area contributed by atoms with Crippen LogP contribution in [-0.4, -0.2) is 88.9 Å². The molecule has 2 aliphatic rings. The Bertz CT molecular complexity index is 399. The van der Waals surface area contributed by atoms with Crippen molar-refractivity contribution in [2.24, 2.45) is 11.8 Å². The molecule has 2 aliphatic heterocycles. The standard InChI is InChI=1S/C10H19NO4.C7H15NO/c1-10(2,3)15-9(14)11-4-7(6-12)8(13)5-11;1-3-6-4-8(2)5-7(6)9/h7-8,12-13H,4-6H2,1-3H3;6-7,9H,3-5H2,1-2H3/t7-,8+;6-,7-/m10/s1. The van der Waals surface area contributed by atoms with Gasteiger partial charge in [0.1, 0.15) is 5.60 Å². The van der Waals surface area contributed by atoms with Gasteiger partial charge < -0.3 is 29.9 Å². The van der Waals surface area contributed by atoms with Crippen LogP contribution in [0.25, 0.3) is 0 Å². The molecule has 2 fully saturated rings. The monoisotopic (exact) mass is 346 g/mol. The second-order valence-corrected chi connectivity index (χ2v) is 7.85. The van der Waals surface area contributed by atoms with Crippen molar-refractivity contribution in [2.45, 2.75) is 51.9 Å². The smallest absolute Gasteiger partial charge is 0.410 e.